The van der Waals surface area contributed by atoms with Gasteiger partial charge in [-0.15, -0.1) is 0 Å². The second-order valence-electron chi connectivity index (χ2n) is 7.30. The van der Waals surface area contributed by atoms with E-state index in [0.717, 1.165) is 23.5 Å². The Morgan fingerprint density at radius 2 is 1.79 bits per heavy atom. The zero-order valence-electron chi connectivity index (χ0n) is 19.3. The van der Waals surface area contributed by atoms with Crippen LogP contribution in [0.3, 0.4) is 0 Å². The summed E-state index contributed by atoms with van der Waals surface area (Å²) in [5.41, 5.74) is 2.02. The molecular formula is C25H26N6O3. The van der Waals surface area contributed by atoms with E-state index in [1.807, 2.05) is 44.2 Å². The maximum atomic E-state index is 11.7. The third-order valence-electron chi connectivity index (χ3n) is 4.59. The number of pyridine rings is 1. The molecule has 3 aromatic heterocycles. The van der Waals surface area contributed by atoms with Crippen molar-refractivity contribution in [2.45, 2.75) is 26.7 Å². The average Bonchev–Trinajstić information content (AvgIpc) is 3.29. The van der Waals surface area contributed by atoms with Crippen LogP contribution in [0.15, 0.2) is 65.2 Å². The predicted molar refractivity (Wildman–Crippen MR) is 130 cm³/mol. The van der Waals surface area contributed by atoms with Gasteiger partial charge in [0.05, 0.1) is 0 Å². The van der Waals surface area contributed by atoms with Crippen LogP contribution in [0.1, 0.15) is 34.1 Å². The van der Waals surface area contributed by atoms with Gasteiger partial charge in [0, 0.05) is 37.3 Å². The summed E-state index contributed by atoms with van der Waals surface area (Å²) >= 11 is 0. The van der Waals surface area contributed by atoms with Crippen LogP contribution in [0.25, 0.3) is 11.5 Å². The second kappa shape index (κ2) is 12.0. The summed E-state index contributed by atoms with van der Waals surface area (Å²) in [6, 6.07) is 16.1. The molecule has 4 rings (SSSR count). The van der Waals surface area contributed by atoms with Crippen molar-refractivity contribution in [3.05, 3.63) is 83.7 Å². The van der Waals surface area contributed by atoms with Crippen molar-refractivity contribution in [1.82, 2.24) is 19.9 Å². The Morgan fingerprint density at radius 1 is 1.00 bits per heavy atom. The first-order chi connectivity index (χ1) is 16.5. The number of aldehydes is 1. The molecule has 34 heavy (non-hydrogen) atoms. The minimum atomic E-state index is -0.0760. The van der Waals surface area contributed by atoms with Crippen molar-refractivity contribution in [3.63, 3.8) is 0 Å². The molecule has 0 aliphatic rings. The molecule has 0 spiro atoms. The number of hydrogen-bond acceptors (Lipinski definition) is 8. The molecular weight excluding hydrogens is 432 g/mol. The first-order valence-corrected chi connectivity index (χ1v) is 10.7. The molecule has 174 valence electrons. The Morgan fingerprint density at radius 3 is 2.41 bits per heavy atom. The van der Waals surface area contributed by atoms with Crippen LogP contribution in [-0.2, 0) is 11.2 Å². The Bertz CT molecular complexity index is 1220. The van der Waals surface area contributed by atoms with Crippen LogP contribution in [0, 0.1) is 13.8 Å². The van der Waals surface area contributed by atoms with Crippen molar-refractivity contribution >= 4 is 23.8 Å². The highest BCUT2D eigenvalue weighted by Crippen LogP contribution is 2.13. The predicted octanol–water partition coefficient (Wildman–Crippen LogP) is 4.26. The van der Waals surface area contributed by atoms with E-state index in [2.05, 4.69) is 30.6 Å². The van der Waals surface area contributed by atoms with Gasteiger partial charge in [0.1, 0.15) is 29.3 Å². The lowest BCUT2D eigenvalue weighted by Crippen LogP contribution is -2.12. The lowest BCUT2D eigenvalue weighted by Gasteiger charge is -2.04. The SMILES string of the molecule is CNc1nc(C)nc(-c2ccccn2)n1.Cc1ccc(CCC(=O)Nc2ccc(C=O)cc2)o1. The van der Waals surface area contributed by atoms with Crippen LogP contribution >= 0.6 is 0 Å². The van der Waals surface area contributed by atoms with Gasteiger partial charge in [0.25, 0.3) is 0 Å². The summed E-state index contributed by atoms with van der Waals surface area (Å²) in [4.78, 5) is 39.0. The largest absolute Gasteiger partial charge is 0.466 e. The summed E-state index contributed by atoms with van der Waals surface area (Å²) < 4.78 is 5.40. The van der Waals surface area contributed by atoms with E-state index >= 15 is 0 Å². The van der Waals surface area contributed by atoms with Crippen molar-refractivity contribution in [2.24, 2.45) is 0 Å². The Hall–Kier alpha value is -4.40. The number of amides is 1. The molecule has 0 aliphatic carbocycles. The molecule has 0 fully saturated rings. The fourth-order valence-corrected chi connectivity index (χ4v) is 2.93. The summed E-state index contributed by atoms with van der Waals surface area (Å²) in [7, 11) is 1.77. The van der Waals surface area contributed by atoms with Crippen molar-refractivity contribution in [2.75, 3.05) is 17.7 Å². The van der Waals surface area contributed by atoms with E-state index in [0.29, 0.717) is 41.7 Å². The fourth-order valence-electron chi connectivity index (χ4n) is 2.93. The van der Waals surface area contributed by atoms with Gasteiger partial charge >= 0.3 is 0 Å². The Labute approximate surface area is 197 Å². The standard InChI is InChI=1S/C15H15NO3.C10H11N5/c1-11-2-7-14(19-11)8-9-15(18)16-13-5-3-12(10-17)4-6-13;1-7-13-9(15-10(11-2)14-7)8-5-3-4-6-12-8/h2-7,10H,8-9H2,1H3,(H,16,18);3-6H,1-2H3,(H,11,13,14,15). The lowest BCUT2D eigenvalue weighted by molar-refractivity contribution is -0.116. The summed E-state index contributed by atoms with van der Waals surface area (Å²) in [6.07, 6.45) is 3.42. The van der Waals surface area contributed by atoms with Crippen molar-refractivity contribution in [1.29, 1.82) is 0 Å². The van der Waals surface area contributed by atoms with Crippen LogP contribution < -0.4 is 10.6 Å². The van der Waals surface area contributed by atoms with Gasteiger partial charge in [0.15, 0.2) is 5.82 Å². The first kappa shape index (κ1) is 24.2. The van der Waals surface area contributed by atoms with Crippen LogP contribution in [-0.4, -0.2) is 39.2 Å². The molecule has 0 bridgehead atoms. The van der Waals surface area contributed by atoms with Crippen LogP contribution in [0.4, 0.5) is 11.6 Å². The zero-order chi connectivity index (χ0) is 24.3. The van der Waals surface area contributed by atoms with Crippen LogP contribution in [0.2, 0.25) is 0 Å². The Kier molecular flexibility index (Phi) is 8.56. The quantitative estimate of drug-likeness (QED) is 0.394. The summed E-state index contributed by atoms with van der Waals surface area (Å²) in [5.74, 6) is 3.40. The number of hydrogen-bond donors (Lipinski definition) is 2. The van der Waals surface area contributed by atoms with Gasteiger partial charge in [-0.05, 0) is 62.4 Å². The summed E-state index contributed by atoms with van der Waals surface area (Å²) in [6.45, 7) is 3.70. The molecule has 1 aromatic carbocycles. The highest BCUT2D eigenvalue weighted by Gasteiger charge is 2.06. The smallest absolute Gasteiger partial charge is 0.226 e. The number of aromatic nitrogens is 4. The molecule has 1 amide bonds. The number of carbonyl (C=O) groups is 2. The molecule has 0 radical (unpaired) electrons. The molecule has 0 saturated carbocycles. The molecule has 9 heteroatoms. The first-order valence-electron chi connectivity index (χ1n) is 10.7. The van der Waals surface area contributed by atoms with Gasteiger partial charge in [-0.2, -0.15) is 9.97 Å². The zero-order valence-corrected chi connectivity index (χ0v) is 19.3. The maximum absolute atomic E-state index is 11.7. The van der Waals surface area contributed by atoms with Crippen molar-refractivity contribution < 1.29 is 14.0 Å². The van der Waals surface area contributed by atoms with Gasteiger partial charge < -0.3 is 15.1 Å². The normalized spacial score (nSPS) is 10.1. The number of rotatable bonds is 7. The third-order valence-corrected chi connectivity index (χ3v) is 4.59. The van der Waals surface area contributed by atoms with Gasteiger partial charge in [0.2, 0.25) is 11.9 Å². The number of anilines is 2. The maximum Gasteiger partial charge on any atom is 0.226 e. The molecule has 0 atom stereocenters. The minimum Gasteiger partial charge on any atom is -0.466 e. The average molecular weight is 459 g/mol. The van der Waals surface area contributed by atoms with E-state index in [1.54, 1.807) is 37.5 Å². The molecule has 0 saturated heterocycles. The summed E-state index contributed by atoms with van der Waals surface area (Å²) in [5, 5.41) is 5.66. The number of nitrogens with one attached hydrogen (secondary N) is 2. The molecule has 4 aromatic rings. The van der Waals surface area contributed by atoms with E-state index in [9.17, 15) is 9.59 Å². The lowest BCUT2D eigenvalue weighted by atomic mass is 10.2. The highest BCUT2D eigenvalue weighted by molar-refractivity contribution is 5.91. The van der Waals surface area contributed by atoms with E-state index < -0.39 is 0 Å². The molecule has 0 aliphatic heterocycles. The van der Waals surface area contributed by atoms with Gasteiger partial charge in [-0.3, -0.25) is 14.6 Å². The minimum absolute atomic E-state index is 0.0760. The molecule has 3 heterocycles. The van der Waals surface area contributed by atoms with E-state index in [4.69, 9.17) is 4.42 Å². The van der Waals surface area contributed by atoms with E-state index in [1.165, 1.54) is 0 Å². The van der Waals surface area contributed by atoms with E-state index in [-0.39, 0.29) is 5.91 Å². The number of carbonyl (C=O) groups excluding carboxylic acids is 2. The molecule has 9 nitrogen and oxygen atoms in total. The van der Waals surface area contributed by atoms with Crippen LogP contribution in [0.5, 0.6) is 0 Å². The third kappa shape index (κ3) is 7.33. The number of aryl methyl sites for hydroxylation is 3. The Balaban J connectivity index is 0.000000196. The molecule has 2 N–H and O–H groups in total. The highest BCUT2D eigenvalue weighted by atomic mass is 16.3. The molecule has 0 unspecified atom stereocenters. The fraction of sp³-hybridized carbons (Fsp3) is 0.200. The second-order valence-corrected chi connectivity index (χ2v) is 7.30. The number of benzene rings is 1. The van der Waals surface area contributed by atoms with Gasteiger partial charge in [-0.25, -0.2) is 4.98 Å². The number of nitrogens with zero attached hydrogens (tertiary/aromatic N) is 4. The topological polar surface area (TPSA) is 123 Å². The van der Waals surface area contributed by atoms with Gasteiger partial charge in [-0.1, -0.05) is 6.07 Å². The number of furan rings is 1. The van der Waals surface area contributed by atoms with Crippen molar-refractivity contribution in [3.8, 4) is 11.5 Å². The monoisotopic (exact) mass is 458 g/mol.